The second kappa shape index (κ2) is 5.95. The zero-order valence-electron chi connectivity index (χ0n) is 9.77. The van der Waals surface area contributed by atoms with Crippen molar-refractivity contribution >= 4 is 22.4 Å². The summed E-state index contributed by atoms with van der Waals surface area (Å²) in [6.45, 7) is 0.270. The van der Waals surface area contributed by atoms with Crippen LogP contribution in [0.2, 0.25) is 0 Å². The van der Waals surface area contributed by atoms with Crippen LogP contribution in [-0.2, 0) is 0 Å². The summed E-state index contributed by atoms with van der Waals surface area (Å²) in [7, 11) is 0. The Hall–Kier alpha value is -2.43. The molecule has 96 valence electrons. The van der Waals surface area contributed by atoms with Gasteiger partial charge in [-0.25, -0.2) is 4.98 Å². The van der Waals surface area contributed by atoms with Crippen molar-refractivity contribution in [2.45, 2.75) is 0 Å². The molecule has 0 spiro atoms. The van der Waals surface area contributed by atoms with E-state index < -0.39 is 5.91 Å². The van der Waals surface area contributed by atoms with E-state index in [1.165, 1.54) is 29.7 Å². The van der Waals surface area contributed by atoms with E-state index in [1.807, 2.05) is 0 Å². The van der Waals surface area contributed by atoms with Gasteiger partial charge in [0.1, 0.15) is 0 Å². The second-order valence-corrected chi connectivity index (χ2v) is 4.46. The number of nitrogens with one attached hydrogen (secondary N) is 2. The third-order valence-corrected chi connectivity index (χ3v) is 2.91. The zero-order valence-corrected chi connectivity index (χ0v) is 10.6. The summed E-state index contributed by atoms with van der Waals surface area (Å²) in [6.07, 6.45) is 2.97. The summed E-state index contributed by atoms with van der Waals surface area (Å²) < 4.78 is 0. The van der Waals surface area contributed by atoms with E-state index in [0.29, 0.717) is 10.0 Å². The minimum atomic E-state index is -0.390. The molecule has 0 aliphatic rings. The first kappa shape index (κ1) is 13.0. The summed E-state index contributed by atoms with van der Waals surface area (Å²) in [5.41, 5.74) is 5.20. The standard InChI is InChI=1S/C12H10N4O2S/c13-4-1-2-9-7-15-12(19-9)16-11(18)8-3-5-14-10(17)6-8/h3,5-7H,4,13H2,(H,14,17)(H,15,16,18). The van der Waals surface area contributed by atoms with Crippen molar-refractivity contribution in [3.05, 3.63) is 45.3 Å². The fourth-order valence-corrected chi connectivity index (χ4v) is 1.97. The number of thiazole rings is 1. The third kappa shape index (κ3) is 3.51. The Morgan fingerprint density at radius 1 is 1.58 bits per heavy atom. The molecule has 0 fully saturated rings. The molecule has 19 heavy (non-hydrogen) atoms. The monoisotopic (exact) mass is 274 g/mol. The van der Waals surface area contributed by atoms with Crippen molar-refractivity contribution in [3.8, 4) is 11.8 Å². The number of aromatic nitrogens is 2. The predicted molar refractivity (Wildman–Crippen MR) is 73.1 cm³/mol. The molecule has 2 heterocycles. The fraction of sp³-hybridized carbons (Fsp3) is 0.0833. The smallest absolute Gasteiger partial charge is 0.257 e. The number of nitrogens with zero attached hydrogens (tertiary/aromatic N) is 1. The van der Waals surface area contributed by atoms with Crippen LogP contribution in [0.4, 0.5) is 5.13 Å². The van der Waals surface area contributed by atoms with Gasteiger partial charge >= 0.3 is 0 Å². The topological polar surface area (TPSA) is 101 Å². The van der Waals surface area contributed by atoms with E-state index in [-0.39, 0.29) is 17.7 Å². The van der Waals surface area contributed by atoms with E-state index in [9.17, 15) is 9.59 Å². The Bertz CT molecular complexity index is 708. The van der Waals surface area contributed by atoms with Crippen molar-refractivity contribution in [2.24, 2.45) is 5.73 Å². The molecule has 0 aliphatic heterocycles. The second-order valence-electron chi connectivity index (χ2n) is 3.43. The van der Waals surface area contributed by atoms with Gasteiger partial charge in [0.2, 0.25) is 5.56 Å². The van der Waals surface area contributed by atoms with Gasteiger partial charge in [0, 0.05) is 17.8 Å². The summed E-state index contributed by atoms with van der Waals surface area (Å²) in [6, 6.07) is 2.73. The van der Waals surface area contributed by atoms with Gasteiger partial charge in [-0.05, 0) is 6.07 Å². The molecular formula is C12H10N4O2S. The number of hydrogen-bond acceptors (Lipinski definition) is 5. The molecule has 1 amide bonds. The van der Waals surface area contributed by atoms with Gasteiger partial charge in [0.05, 0.1) is 17.6 Å². The molecule has 0 unspecified atom stereocenters. The highest BCUT2D eigenvalue weighted by Gasteiger charge is 2.08. The predicted octanol–water partition coefficient (Wildman–Crippen LogP) is 0.394. The van der Waals surface area contributed by atoms with Crippen molar-refractivity contribution in [1.82, 2.24) is 9.97 Å². The van der Waals surface area contributed by atoms with Crippen molar-refractivity contribution in [3.63, 3.8) is 0 Å². The SMILES string of the molecule is NCC#Cc1cnc(NC(=O)c2cc[nH]c(=O)c2)s1. The van der Waals surface area contributed by atoms with Gasteiger partial charge in [-0.15, -0.1) is 0 Å². The van der Waals surface area contributed by atoms with E-state index in [4.69, 9.17) is 5.73 Å². The largest absolute Gasteiger partial charge is 0.329 e. The number of carbonyl (C=O) groups is 1. The third-order valence-electron chi connectivity index (χ3n) is 2.08. The molecule has 0 aliphatic carbocycles. The van der Waals surface area contributed by atoms with E-state index in [0.717, 1.165) is 0 Å². The minimum Gasteiger partial charge on any atom is -0.329 e. The number of amides is 1. The lowest BCUT2D eigenvalue weighted by molar-refractivity contribution is 0.102. The number of nitrogens with two attached hydrogens (primary N) is 1. The zero-order chi connectivity index (χ0) is 13.7. The highest BCUT2D eigenvalue weighted by molar-refractivity contribution is 7.16. The van der Waals surface area contributed by atoms with Gasteiger partial charge in [-0.2, -0.15) is 0 Å². The molecule has 2 rings (SSSR count). The molecule has 2 aromatic heterocycles. The van der Waals surface area contributed by atoms with Gasteiger partial charge in [-0.1, -0.05) is 23.2 Å². The Balaban J connectivity index is 2.11. The Kier molecular flexibility index (Phi) is 4.07. The maximum atomic E-state index is 11.8. The molecule has 0 radical (unpaired) electrons. The first-order valence-corrected chi connectivity index (χ1v) is 6.15. The molecule has 0 saturated heterocycles. The number of anilines is 1. The summed E-state index contributed by atoms with van der Waals surface area (Å²) in [5, 5.41) is 3.02. The molecule has 7 heteroatoms. The van der Waals surface area contributed by atoms with Crippen LogP contribution in [0.1, 0.15) is 15.2 Å². The maximum Gasteiger partial charge on any atom is 0.257 e. The normalized spacial score (nSPS) is 9.53. The molecule has 0 bridgehead atoms. The number of hydrogen-bond donors (Lipinski definition) is 3. The number of pyridine rings is 1. The number of aromatic amines is 1. The summed E-state index contributed by atoms with van der Waals surface area (Å²) in [4.78, 5) is 30.1. The van der Waals surface area contributed by atoms with Crippen LogP contribution in [0.3, 0.4) is 0 Å². The molecule has 0 saturated carbocycles. The highest BCUT2D eigenvalue weighted by atomic mass is 32.1. The lowest BCUT2D eigenvalue weighted by Gasteiger charge is -1.99. The first-order chi connectivity index (χ1) is 9.19. The first-order valence-electron chi connectivity index (χ1n) is 5.34. The van der Waals surface area contributed by atoms with Crippen LogP contribution in [-0.4, -0.2) is 22.4 Å². The van der Waals surface area contributed by atoms with Gasteiger partial charge in [0.25, 0.3) is 5.91 Å². The molecule has 6 nitrogen and oxygen atoms in total. The Morgan fingerprint density at radius 3 is 3.16 bits per heavy atom. The molecular weight excluding hydrogens is 264 g/mol. The minimum absolute atomic E-state index is 0.270. The quantitative estimate of drug-likeness (QED) is 0.690. The van der Waals surface area contributed by atoms with Gasteiger partial charge in [-0.3, -0.25) is 14.9 Å². The van der Waals surface area contributed by atoms with Crippen LogP contribution in [0.5, 0.6) is 0 Å². The molecule has 2 aromatic rings. The van der Waals surface area contributed by atoms with Gasteiger partial charge < -0.3 is 10.7 Å². The summed E-state index contributed by atoms with van der Waals surface area (Å²) in [5.74, 6) is 5.13. The average molecular weight is 274 g/mol. The lowest BCUT2D eigenvalue weighted by Crippen LogP contribution is -2.15. The highest BCUT2D eigenvalue weighted by Crippen LogP contribution is 2.17. The maximum absolute atomic E-state index is 11.8. The van der Waals surface area contributed by atoms with Crippen LogP contribution in [0.25, 0.3) is 0 Å². The van der Waals surface area contributed by atoms with E-state index in [2.05, 4.69) is 27.1 Å². The molecule has 4 N–H and O–H groups in total. The van der Waals surface area contributed by atoms with Crippen LogP contribution < -0.4 is 16.6 Å². The number of rotatable bonds is 2. The molecule has 0 atom stereocenters. The van der Waals surface area contributed by atoms with E-state index >= 15 is 0 Å². The summed E-state index contributed by atoms with van der Waals surface area (Å²) >= 11 is 1.24. The van der Waals surface area contributed by atoms with Gasteiger partial charge in [0.15, 0.2) is 5.13 Å². The van der Waals surface area contributed by atoms with Crippen LogP contribution >= 0.6 is 11.3 Å². The van der Waals surface area contributed by atoms with E-state index in [1.54, 1.807) is 6.20 Å². The average Bonchev–Trinajstić information content (AvgIpc) is 2.84. The van der Waals surface area contributed by atoms with Crippen molar-refractivity contribution in [2.75, 3.05) is 11.9 Å². The van der Waals surface area contributed by atoms with Crippen LogP contribution in [0, 0.1) is 11.8 Å². The number of carbonyl (C=O) groups excluding carboxylic acids is 1. The van der Waals surface area contributed by atoms with Crippen molar-refractivity contribution < 1.29 is 4.79 Å². The Labute approximate surface area is 112 Å². The van der Waals surface area contributed by atoms with Crippen molar-refractivity contribution in [1.29, 1.82) is 0 Å². The number of H-pyrrole nitrogens is 1. The lowest BCUT2D eigenvalue weighted by atomic mass is 10.2. The Morgan fingerprint density at radius 2 is 2.42 bits per heavy atom. The fourth-order valence-electron chi connectivity index (χ4n) is 1.28. The van der Waals surface area contributed by atoms with Crippen LogP contribution in [0.15, 0.2) is 29.3 Å². The molecule has 0 aromatic carbocycles.